The highest BCUT2D eigenvalue weighted by Gasteiger charge is 2.16. The van der Waals surface area contributed by atoms with Crippen LogP contribution in [-0.2, 0) is 13.5 Å². The van der Waals surface area contributed by atoms with E-state index in [0.29, 0.717) is 18.1 Å². The van der Waals surface area contributed by atoms with Crippen LogP contribution in [-0.4, -0.2) is 43.8 Å². The predicted molar refractivity (Wildman–Crippen MR) is 67.5 cm³/mol. The Morgan fingerprint density at radius 2 is 2.26 bits per heavy atom. The lowest BCUT2D eigenvalue weighted by Crippen LogP contribution is -2.24. The number of rotatable bonds is 6. The van der Waals surface area contributed by atoms with Gasteiger partial charge in [-0.2, -0.15) is 4.80 Å². The number of nitrogens with one attached hydrogen (secondary N) is 1. The van der Waals surface area contributed by atoms with Crippen LogP contribution in [0, 0.1) is 0 Å². The second-order valence-corrected chi connectivity index (χ2v) is 3.99. The van der Waals surface area contributed by atoms with Gasteiger partial charge >= 0.3 is 0 Å². The van der Waals surface area contributed by atoms with Gasteiger partial charge in [-0.25, -0.2) is 9.97 Å². The van der Waals surface area contributed by atoms with Crippen molar-refractivity contribution in [2.75, 3.05) is 13.7 Å². The Kier molecular flexibility index (Phi) is 4.35. The third kappa shape index (κ3) is 3.44. The number of hydrogen-bond acceptors (Lipinski definition) is 7. The molecule has 2 heterocycles. The highest BCUT2D eigenvalue weighted by atomic mass is 16.5. The SMILES string of the molecule is CCNC(Cc1nnn(C)n1)c1cc(OC)ncn1. The molecule has 0 aliphatic rings. The van der Waals surface area contributed by atoms with E-state index in [2.05, 4.69) is 30.7 Å². The number of hydrogen-bond donors (Lipinski definition) is 1. The van der Waals surface area contributed by atoms with Crippen LogP contribution < -0.4 is 10.1 Å². The van der Waals surface area contributed by atoms with E-state index in [1.54, 1.807) is 14.2 Å². The topological polar surface area (TPSA) is 90.6 Å². The Morgan fingerprint density at radius 1 is 1.42 bits per heavy atom. The molecule has 8 heteroatoms. The van der Waals surface area contributed by atoms with E-state index >= 15 is 0 Å². The maximum absolute atomic E-state index is 5.11. The minimum Gasteiger partial charge on any atom is -0.481 e. The molecule has 1 atom stereocenters. The van der Waals surface area contributed by atoms with Gasteiger partial charge in [-0.3, -0.25) is 0 Å². The van der Waals surface area contributed by atoms with Crippen molar-refractivity contribution in [3.05, 3.63) is 23.9 Å². The number of aromatic nitrogens is 6. The molecule has 2 aromatic heterocycles. The molecular weight excluding hydrogens is 246 g/mol. The molecule has 1 N–H and O–H groups in total. The van der Waals surface area contributed by atoms with Crippen molar-refractivity contribution in [2.24, 2.45) is 7.05 Å². The van der Waals surface area contributed by atoms with Crippen LogP contribution in [0.4, 0.5) is 0 Å². The molecule has 1 unspecified atom stereocenters. The van der Waals surface area contributed by atoms with Crippen molar-refractivity contribution in [3.63, 3.8) is 0 Å². The molecule has 0 aromatic carbocycles. The van der Waals surface area contributed by atoms with Crippen molar-refractivity contribution in [2.45, 2.75) is 19.4 Å². The summed E-state index contributed by atoms with van der Waals surface area (Å²) in [6, 6.07) is 1.81. The first-order chi connectivity index (χ1) is 9.22. The number of nitrogens with zero attached hydrogens (tertiary/aromatic N) is 6. The Balaban J connectivity index is 2.18. The third-order valence-electron chi connectivity index (χ3n) is 2.62. The summed E-state index contributed by atoms with van der Waals surface area (Å²) in [4.78, 5) is 9.72. The molecular formula is C11H17N7O. The molecule has 8 nitrogen and oxygen atoms in total. The lowest BCUT2D eigenvalue weighted by molar-refractivity contribution is 0.393. The zero-order valence-corrected chi connectivity index (χ0v) is 11.2. The van der Waals surface area contributed by atoms with Gasteiger partial charge in [-0.1, -0.05) is 6.92 Å². The molecule has 0 fully saturated rings. The van der Waals surface area contributed by atoms with Crippen LogP contribution in [0.5, 0.6) is 5.88 Å². The summed E-state index contributed by atoms with van der Waals surface area (Å²) in [5.41, 5.74) is 0.848. The van der Waals surface area contributed by atoms with Crippen molar-refractivity contribution >= 4 is 0 Å². The van der Waals surface area contributed by atoms with Crippen LogP contribution in [0.15, 0.2) is 12.4 Å². The average Bonchev–Trinajstić information content (AvgIpc) is 2.84. The smallest absolute Gasteiger partial charge is 0.216 e. The van der Waals surface area contributed by atoms with E-state index in [1.165, 1.54) is 11.1 Å². The largest absolute Gasteiger partial charge is 0.481 e. The lowest BCUT2D eigenvalue weighted by Gasteiger charge is -2.15. The maximum atomic E-state index is 5.11. The van der Waals surface area contributed by atoms with Gasteiger partial charge in [-0.15, -0.1) is 10.2 Å². The Hall–Kier alpha value is -2.09. The molecule has 0 saturated heterocycles. The van der Waals surface area contributed by atoms with E-state index in [4.69, 9.17) is 4.74 Å². The van der Waals surface area contributed by atoms with Crippen LogP contribution in [0.3, 0.4) is 0 Å². The quantitative estimate of drug-likeness (QED) is 0.778. The summed E-state index contributed by atoms with van der Waals surface area (Å²) in [5.74, 6) is 1.21. The minimum atomic E-state index is 0.00565. The summed E-state index contributed by atoms with van der Waals surface area (Å²) in [5, 5.41) is 15.3. The van der Waals surface area contributed by atoms with Crippen LogP contribution in [0.2, 0.25) is 0 Å². The maximum Gasteiger partial charge on any atom is 0.216 e. The molecule has 102 valence electrons. The van der Waals surface area contributed by atoms with Gasteiger partial charge in [0.1, 0.15) is 6.33 Å². The third-order valence-corrected chi connectivity index (χ3v) is 2.62. The first-order valence-corrected chi connectivity index (χ1v) is 6.05. The van der Waals surface area contributed by atoms with Gasteiger partial charge < -0.3 is 10.1 Å². The first-order valence-electron chi connectivity index (χ1n) is 6.05. The van der Waals surface area contributed by atoms with Gasteiger partial charge in [0.05, 0.1) is 25.9 Å². The zero-order valence-electron chi connectivity index (χ0n) is 11.2. The minimum absolute atomic E-state index is 0.00565. The zero-order chi connectivity index (χ0) is 13.7. The number of likely N-dealkylation sites (N-methyl/N-ethyl adjacent to an activating group) is 1. The second-order valence-electron chi connectivity index (χ2n) is 3.99. The molecule has 19 heavy (non-hydrogen) atoms. The van der Waals surface area contributed by atoms with Crippen molar-refractivity contribution < 1.29 is 4.74 Å². The summed E-state index contributed by atoms with van der Waals surface area (Å²) < 4.78 is 5.11. The highest BCUT2D eigenvalue weighted by Crippen LogP contribution is 2.17. The summed E-state index contributed by atoms with van der Waals surface area (Å²) in [7, 11) is 3.32. The van der Waals surface area contributed by atoms with E-state index in [9.17, 15) is 0 Å². The highest BCUT2D eigenvalue weighted by molar-refractivity contribution is 5.17. The van der Waals surface area contributed by atoms with Crippen molar-refractivity contribution in [1.82, 2.24) is 35.5 Å². The van der Waals surface area contributed by atoms with E-state index in [1.807, 2.05) is 13.0 Å². The van der Waals surface area contributed by atoms with Crippen LogP contribution in [0.25, 0.3) is 0 Å². The number of ether oxygens (including phenoxy) is 1. The summed E-state index contributed by atoms with van der Waals surface area (Å²) >= 11 is 0. The summed E-state index contributed by atoms with van der Waals surface area (Å²) in [6.45, 7) is 2.85. The molecule has 2 aromatic rings. The molecule has 0 aliphatic carbocycles. The van der Waals surface area contributed by atoms with Gasteiger partial charge in [0.2, 0.25) is 5.88 Å². The fraction of sp³-hybridized carbons (Fsp3) is 0.545. The number of methoxy groups -OCH3 is 1. The van der Waals surface area contributed by atoms with Crippen molar-refractivity contribution in [1.29, 1.82) is 0 Å². The molecule has 0 aliphatic heterocycles. The predicted octanol–water partition coefficient (Wildman–Crippen LogP) is -0.0980. The van der Waals surface area contributed by atoms with Gasteiger partial charge in [-0.05, 0) is 11.8 Å². The monoisotopic (exact) mass is 263 g/mol. The van der Waals surface area contributed by atoms with E-state index in [-0.39, 0.29) is 6.04 Å². The molecule has 0 spiro atoms. The Labute approximate surface area is 111 Å². The fourth-order valence-corrected chi connectivity index (χ4v) is 1.77. The van der Waals surface area contributed by atoms with Crippen LogP contribution in [0.1, 0.15) is 24.5 Å². The Bertz CT molecular complexity index is 527. The number of tetrazole rings is 1. The molecule has 0 radical (unpaired) electrons. The van der Waals surface area contributed by atoms with Gasteiger partial charge in [0.15, 0.2) is 5.82 Å². The van der Waals surface area contributed by atoms with Crippen LogP contribution >= 0.6 is 0 Å². The normalized spacial score (nSPS) is 12.4. The first kappa shape index (κ1) is 13.3. The average molecular weight is 263 g/mol. The molecule has 0 saturated carbocycles. The lowest BCUT2D eigenvalue weighted by atomic mass is 10.1. The Morgan fingerprint density at radius 3 is 2.89 bits per heavy atom. The molecule has 2 rings (SSSR count). The molecule has 0 bridgehead atoms. The van der Waals surface area contributed by atoms with Crippen molar-refractivity contribution in [3.8, 4) is 5.88 Å². The molecule has 0 amide bonds. The van der Waals surface area contributed by atoms with Gasteiger partial charge in [0.25, 0.3) is 0 Å². The van der Waals surface area contributed by atoms with Gasteiger partial charge in [0, 0.05) is 12.5 Å². The second kappa shape index (κ2) is 6.19. The number of aryl methyl sites for hydroxylation is 1. The van der Waals surface area contributed by atoms with E-state index in [0.717, 1.165) is 12.2 Å². The summed E-state index contributed by atoms with van der Waals surface area (Å²) in [6.07, 6.45) is 2.10. The van der Waals surface area contributed by atoms with E-state index < -0.39 is 0 Å². The standard InChI is InChI=1S/C11H17N7O/c1-4-12-8(5-10-15-17-18(2)16-10)9-6-11(19-3)14-7-13-9/h6-8,12H,4-5H2,1-3H3. The fourth-order valence-electron chi connectivity index (χ4n) is 1.77.